The Hall–Kier alpha value is -3.25. The monoisotopic (exact) mass is 624 g/mol. The third-order valence-corrected chi connectivity index (χ3v) is 12.4. The molecule has 6 nitrogen and oxygen atoms in total. The number of amides is 1. The van der Waals surface area contributed by atoms with Gasteiger partial charge in [-0.1, -0.05) is 106 Å². The zero-order valence-electron chi connectivity index (χ0n) is 28.0. The van der Waals surface area contributed by atoms with Crippen molar-refractivity contribution in [3.63, 3.8) is 0 Å². The van der Waals surface area contributed by atoms with Crippen LogP contribution < -0.4 is 5.43 Å². The number of nitrogens with one attached hydrogen (secondary N) is 1. The summed E-state index contributed by atoms with van der Waals surface area (Å²) in [6.07, 6.45) is 15.7. The Bertz CT molecular complexity index is 1410. The van der Waals surface area contributed by atoms with Crippen molar-refractivity contribution in [2.45, 2.75) is 116 Å². The van der Waals surface area contributed by atoms with Gasteiger partial charge in [-0.2, -0.15) is 5.10 Å². The Morgan fingerprint density at radius 3 is 2.26 bits per heavy atom. The van der Waals surface area contributed by atoms with E-state index in [1.807, 2.05) is 36.4 Å². The van der Waals surface area contributed by atoms with E-state index in [0.717, 1.165) is 63.5 Å². The minimum atomic E-state index is -1.85. The number of hydrazone groups is 1. The molecular weight excluding hydrogens is 572 g/mol. The summed E-state index contributed by atoms with van der Waals surface area (Å²) in [6, 6.07) is 18.1. The van der Waals surface area contributed by atoms with Crippen molar-refractivity contribution in [3.8, 4) is 0 Å². The summed E-state index contributed by atoms with van der Waals surface area (Å²) in [5.74, 6) is 1.32. The number of esters is 1. The molecule has 1 amide bonds. The lowest BCUT2D eigenvalue weighted by atomic mass is 9.47. The number of fused-ring (bicyclic) bond motifs is 5. The second-order valence-electron chi connectivity index (χ2n) is 14.9. The second-order valence-corrected chi connectivity index (χ2v) is 14.9. The predicted molar refractivity (Wildman–Crippen MR) is 182 cm³/mol. The highest BCUT2D eigenvalue weighted by Gasteiger charge is 2.60. The SMILES string of the molecule is CCCCCCC(=O)OC1CC[C@H]2[C@@H]3CCC4=C/C(=N\NC(=O)C(O)(c5ccccc5)c5ccccc5)CC[C@]4(C)[C@H]3CC[C@]12C. The first-order valence-electron chi connectivity index (χ1n) is 17.8. The molecule has 246 valence electrons. The number of carbonyl (C=O) groups is 2. The van der Waals surface area contributed by atoms with Crippen molar-refractivity contribution in [3.05, 3.63) is 83.4 Å². The van der Waals surface area contributed by atoms with Crippen molar-refractivity contribution in [1.82, 2.24) is 5.43 Å². The quantitative estimate of drug-likeness (QED) is 0.158. The molecule has 0 saturated heterocycles. The number of allylic oxidation sites excluding steroid dienone is 2. The molecule has 6 atom stereocenters. The standard InChI is InChI=1S/C40H52N2O4/c1-4-5-6-13-18-36(43)46-35-22-21-33-32-20-19-30-27-31(23-25-38(30,2)34(32)24-26-39(33,35)3)41-42-37(44)40(45,28-14-9-7-10-15-28)29-16-11-8-12-17-29/h7-12,14-17,27,32-35,45H,4-6,13,18-26H2,1-3H3,(H,42,44)/b41-31-/t32-,33-,34-,35?,38-,39-/m0/s1. The molecular formula is C40H52N2O4. The lowest BCUT2D eigenvalue weighted by molar-refractivity contribution is -0.160. The molecule has 2 aromatic carbocycles. The van der Waals surface area contributed by atoms with Crippen molar-refractivity contribution >= 4 is 17.6 Å². The summed E-state index contributed by atoms with van der Waals surface area (Å²) in [5, 5.41) is 16.4. The van der Waals surface area contributed by atoms with E-state index < -0.39 is 11.5 Å². The van der Waals surface area contributed by atoms with E-state index in [9.17, 15) is 14.7 Å². The maximum absolute atomic E-state index is 13.6. The fourth-order valence-electron chi connectivity index (χ4n) is 9.71. The molecule has 3 fully saturated rings. The van der Waals surface area contributed by atoms with E-state index in [1.165, 1.54) is 24.8 Å². The Morgan fingerprint density at radius 1 is 0.891 bits per heavy atom. The molecule has 4 aliphatic carbocycles. The van der Waals surface area contributed by atoms with Crippen LogP contribution in [-0.2, 0) is 19.9 Å². The van der Waals surface area contributed by atoms with Gasteiger partial charge in [-0.25, -0.2) is 5.43 Å². The summed E-state index contributed by atoms with van der Waals surface area (Å²) in [7, 11) is 0. The smallest absolute Gasteiger partial charge is 0.306 e. The van der Waals surface area contributed by atoms with Crippen LogP contribution in [0.25, 0.3) is 0 Å². The maximum Gasteiger partial charge on any atom is 0.306 e. The minimum absolute atomic E-state index is 0.00286. The van der Waals surface area contributed by atoms with E-state index in [-0.39, 0.29) is 22.9 Å². The Labute approximate surface area is 275 Å². The molecule has 1 unspecified atom stereocenters. The summed E-state index contributed by atoms with van der Waals surface area (Å²) in [6.45, 7) is 7.06. The van der Waals surface area contributed by atoms with E-state index in [2.05, 4.69) is 37.4 Å². The zero-order chi connectivity index (χ0) is 32.4. The van der Waals surface area contributed by atoms with E-state index in [0.29, 0.717) is 35.3 Å². The molecule has 2 N–H and O–H groups in total. The van der Waals surface area contributed by atoms with E-state index >= 15 is 0 Å². The van der Waals surface area contributed by atoms with Gasteiger partial charge in [0.25, 0.3) is 5.91 Å². The number of benzene rings is 2. The molecule has 0 bridgehead atoms. The van der Waals surface area contributed by atoms with Crippen LogP contribution in [0.5, 0.6) is 0 Å². The molecule has 0 heterocycles. The third-order valence-electron chi connectivity index (χ3n) is 12.4. The van der Waals surface area contributed by atoms with Crippen LogP contribution in [0.3, 0.4) is 0 Å². The van der Waals surface area contributed by atoms with Gasteiger partial charge in [0.2, 0.25) is 0 Å². The lowest BCUT2D eigenvalue weighted by Gasteiger charge is -2.58. The van der Waals surface area contributed by atoms with Crippen LogP contribution in [0.1, 0.15) is 115 Å². The van der Waals surface area contributed by atoms with Gasteiger partial charge in [0, 0.05) is 11.8 Å². The Kier molecular flexibility index (Phi) is 9.57. The Balaban J connectivity index is 1.14. The maximum atomic E-state index is 13.6. The fraction of sp³-hybridized carbons (Fsp3) is 0.575. The third kappa shape index (κ3) is 5.98. The van der Waals surface area contributed by atoms with Gasteiger partial charge >= 0.3 is 5.97 Å². The van der Waals surface area contributed by atoms with Gasteiger partial charge in [-0.15, -0.1) is 0 Å². The number of aliphatic hydroxyl groups is 1. The van der Waals surface area contributed by atoms with Crippen LogP contribution in [0.15, 0.2) is 77.4 Å². The van der Waals surface area contributed by atoms with Gasteiger partial charge in [0.15, 0.2) is 5.60 Å². The number of hydrogen-bond donors (Lipinski definition) is 2. The molecule has 4 aliphatic rings. The highest BCUT2D eigenvalue weighted by molar-refractivity contribution is 5.98. The summed E-state index contributed by atoms with van der Waals surface area (Å²) in [5.41, 5.74) is 4.43. The highest BCUT2D eigenvalue weighted by atomic mass is 16.5. The van der Waals surface area contributed by atoms with Gasteiger partial charge in [-0.05, 0) is 98.2 Å². The molecule has 46 heavy (non-hydrogen) atoms. The average molecular weight is 625 g/mol. The Morgan fingerprint density at radius 2 is 1.59 bits per heavy atom. The number of unbranched alkanes of at least 4 members (excludes halogenated alkanes) is 3. The molecule has 2 aromatic rings. The topological polar surface area (TPSA) is 88.0 Å². The number of rotatable bonds is 10. The minimum Gasteiger partial charge on any atom is -0.462 e. The van der Waals surface area contributed by atoms with Gasteiger partial charge < -0.3 is 9.84 Å². The molecule has 6 rings (SSSR count). The zero-order valence-corrected chi connectivity index (χ0v) is 28.0. The van der Waals surface area contributed by atoms with E-state index in [4.69, 9.17) is 4.74 Å². The van der Waals surface area contributed by atoms with Gasteiger partial charge in [0.1, 0.15) is 6.10 Å². The fourth-order valence-corrected chi connectivity index (χ4v) is 9.71. The summed E-state index contributed by atoms with van der Waals surface area (Å²) < 4.78 is 6.20. The lowest BCUT2D eigenvalue weighted by Crippen LogP contribution is -2.51. The molecule has 3 saturated carbocycles. The van der Waals surface area contributed by atoms with Crippen molar-refractivity contribution < 1.29 is 19.4 Å². The van der Waals surface area contributed by atoms with Crippen LogP contribution in [0, 0.1) is 28.6 Å². The van der Waals surface area contributed by atoms with Gasteiger partial charge in [-0.3, -0.25) is 9.59 Å². The molecule has 0 aliphatic heterocycles. The van der Waals surface area contributed by atoms with E-state index in [1.54, 1.807) is 24.3 Å². The molecule has 0 radical (unpaired) electrons. The number of carbonyl (C=O) groups excluding carboxylic acids is 2. The number of hydrogen-bond acceptors (Lipinski definition) is 5. The van der Waals surface area contributed by atoms with Crippen LogP contribution in [0.2, 0.25) is 0 Å². The van der Waals surface area contributed by atoms with Crippen LogP contribution >= 0.6 is 0 Å². The van der Waals surface area contributed by atoms with Crippen LogP contribution in [-0.4, -0.2) is 28.8 Å². The molecule has 6 heteroatoms. The largest absolute Gasteiger partial charge is 0.462 e. The van der Waals surface area contributed by atoms with Crippen LogP contribution in [0.4, 0.5) is 0 Å². The molecule has 0 spiro atoms. The first-order valence-corrected chi connectivity index (χ1v) is 17.8. The van der Waals surface area contributed by atoms with Gasteiger partial charge in [0.05, 0.1) is 5.71 Å². The average Bonchev–Trinajstić information content (AvgIpc) is 3.41. The summed E-state index contributed by atoms with van der Waals surface area (Å²) >= 11 is 0. The van der Waals surface area contributed by atoms with Crippen molar-refractivity contribution in [2.75, 3.05) is 0 Å². The first kappa shape index (κ1) is 32.7. The second kappa shape index (κ2) is 13.5. The number of nitrogens with zero attached hydrogens (tertiary/aromatic N) is 1. The normalized spacial score (nSPS) is 31.3. The number of ether oxygens (including phenoxy) is 1. The molecule has 0 aromatic heterocycles. The van der Waals surface area contributed by atoms with Crippen molar-refractivity contribution in [2.24, 2.45) is 33.7 Å². The summed E-state index contributed by atoms with van der Waals surface area (Å²) in [4.78, 5) is 26.4. The first-order chi connectivity index (χ1) is 22.2. The highest BCUT2D eigenvalue weighted by Crippen LogP contribution is 2.65. The van der Waals surface area contributed by atoms with Crippen molar-refractivity contribution in [1.29, 1.82) is 0 Å². The predicted octanol–water partition coefficient (Wildman–Crippen LogP) is 8.24.